The van der Waals surface area contributed by atoms with Gasteiger partial charge in [-0.15, -0.1) is 0 Å². The highest BCUT2D eigenvalue weighted by atomic mass is 35.5. The minimum Gasteiger partial charge on any atom is -0.348 e. The van der Waals surface area contributed by atoms with Crippen molar-refractivity contribution in [3.8, 4) is 0 Å². The lowest BCUT2D eigenvalue weighted by atomic mass is 10.1. The van der Waals surface area contributed by atoms with E-state index in [9.17, 15) is 4.39 Å². The van der Waals surface area contributed by atoms with Crippen molar-refractivity contribution in [2.24, 2.45) is 0 Å². The summed E-state index contributed by atoms with van der Waals surface area (Å²) in [7, 11) is 1.90. The first-order chi connectivity index (χ1) is 8.58. The summed E-state index contributed by atoms with van der Waals surface area (Å²) >= 11 is 6.13. The fourth-order valence-corrected chi connectivity index (χ4v) is 2.04. The average molecular weight is 268 g/mol. The Kier molecular flexibility index (Phi) is 3.99. The molecule has 0 fully saturated rings. The van der Waals surface area contributed by atoms with Crippen LogP contribution in [0, 0.1) is 12.7 Å². The number of H-pyrrole nitrogens is 1. The Morgan fingerprint density at radius 3 is 2.83 bits per heavy atom. The van der Waals surface area contributed by atoms with Crippen LogP contribution in [0.1, 0.15) is 17.0 Å². The summed E-state index contributed by atoms with van der Waals surface area (Å²) < 4.78 is 13.7. The van der Waals surface area contributed by atoms with E-state index >= 15 is 0 Å². The molecule has 3 nitrogen and oxygen atoms in total. The van der Waals surface area contributed by atoms with Gasteiger partial charge in [0.05, 0.1) is 11.6 Å². The van der Waals surface area contributed by atoms with Crippen LogP contribution in [-0.2, 0) is 13.1 Å². The second-order valence-electron chi connectivity index (χ2n) is 4.36. The summed E-state index contributed by atoms with van der Waals surface area (Å²) in [6, 6.07) is 3.14. The van der Waals surface area contributed by atoms with Crippen molar-refractivity contribution < 1.29 is 4.39 Å². The zero-order valence-electron chi connectivity index (χ0n) is 10.4. The number of halogens is 2. The lowest BCUT2D eigenvalue weighted by molar-refractivity contribution is 0.306. The van der Waals surface area contributed by atoms with Gasteiger partial charge in [-0.3, -0.25) is 4.90 Å². The van der Waals surface area contributed by atoms with Gasteiger partial charge in [-0.05, 0) is 25.6 Å². The van der Waals surface area contributed by atoms with Crippen LogP contribution in [0.4, 0.5) is 4.39 Å². The fraction of sp³-hybridized carbons (Fsp3) is 0.308. The van der Waals surface area contributed by atoms with Crippen molar-refractivity contribution >= 4 is 11.6 Å². The predicted molar refractivity (Wildman–Crippen MR) is 69.9 cm³/mol. The number of rotatable bonds is 4. The third-order valence-corrected chi connectivity index (χ3v) is 3.31. The molecule has 0 spiro atoms. The van der Waals surface area contributed by atoms with Crippen LogP contribution < -0.4 is 0 Å². The van der Waals surface area contributed by atoms with E-state index < -0.39 is 0 Å². The van der Waals surface area contributed by atoms with E-state index in [1.54, 1.807) is 18.5 Å². The number of hydrogen-bond donors (Lipinski definition) is 1. The molecule has 0 saturated carbocycles. The van der Waals surface area contributed by atoms with Gasteiger partial charge in [0.25, 0.3) is 0 Å². The van der Waals surface area contributed by atoms with Crippen LogP contribution in [0.15, 0.2) is 24.5 Å². The number of aromatic nitrogens is 2. The normalized spacial score (nSPS) is 11.2. The van der Waals surface area contributed by atoms with Crippen LogP contribution in [0.2, 0.25) is 5.02 Å². The predicted octanol–water partition coefficient (Wildman–Crippen LogP) is 3.14. The van der Waals surface area contributed by atoms with Crippen molar-refractivity contribution in [1.29, 1.82) is 0 Å². The second-order valence-corrected chi connectivity index (χ2v) is 4.74. The maximum absolute atomic E-state index is 13.7. The van der Waals surface area contributed by atoms with Crippen LogP contribution in [-0.4, -0.2) is 21.9 Å². The molecule has 0 radical (unpaired) electrons. The van der Waals surface area contributed by atoms with Crippen molar-refractivity contribution in [2.75, 3.05) is 7.05 Å². The zero-order valence-corrected chi connectivity index (χ0v) is 11.1. The van der Waals surface area contributed by atoms with Gasteiger partial charge in [0.2, 0.25) is 0 Å². The number of aryl methyl sites for hydroxylation is 1. The molecule has 5 heteroatoms. The van der Waals surface area contributed by atoms with Gasteiger partial charge in [0.15, 0.2) is 0 Å². The van der Waals surface area contributed by atoms with Crippen LogP contribution in [0.3, 0.4) is 0 Å². The molecule has 1 aromatic heterocycles. The molecule has 1 aromatic carbocycles. The standard InChI is InChI=1S/C13H15ClFN3/c1-9-3-4-11(15)10(13(9)14)7-18(2)8-12-16-5-6-17-12/h3-6H,7-8H2,1-2H3,(H,16,17). The van der Waals surface area contributed by atoms with Gasteiger partial charge in [0.1, 0.15) is 11.6 Å². The molecule has 18 heavy (non-hydrogen) atoms. The van der Waals surface area contributed by atoms with E-state index in [2.05, 4.69) is 9.97 Å². The number of imidazole rings is 1. The van der Waals surface area contributed by atoms with Gasteiger partial charge >= 0.3 is 0 Å². The van der Waals surface area contributed by atoms with Gasteiger partial charge in [-0.1, -0.05) is 17.7 Å². The van der Waals surface area contributed by atoms with E-state index in [0.29, 0.717) is 23.7 Å². The second kappa shape index (κ2) is 5.50. The Balaban J connectivity index is 2.11. The van der Waals surface area contributed by atoms with Gasteiger partial charge in [-0.25, -0.2) is 9.37 Å². The molecular formula is C13H15ClFN3. The molecule has 0 unspecified atom stereocenters. The molecule has 0 aliphatic rings. The summed E-state index contributed by atoms with van der Waals surface area (Å²) in [5.41, 5.74) is 1.42. The minimum absolute atomic E-state index is 0.267. The SMILES string of the molecule is Cc1ccc(F)c(CN(C)Cc2ncc[nH]2)c1Cl. The van der Waals surface area contributed by atoms with Crippen molar-refractivity contribution in [1.82, 2.24) is 14.9 Å². The van der Waals surface area contributed by atoms with Crippen LogP contribution in [0.5, 0.6) is 0 Å². The van der Waals surface area contributed by atoms with Crippen molar-refractivity contribution in [3.63, 3.8) is 0 Å². The first-order valence-corrected chi connectivity index (χ1v) is 6.06. The third-order valence-electron chi connectivity index (χ3n) is 2.78. The molecule has 1 N–H and O–H groups in total. The Bertz CT molecular complexity index is 525. The topological polar surface area (TPSA) is 31.9 Å². The lowest BCUT2D eigenvalue weighted by Crippen LogP contribution is -2.19. The van der Waals surface area contributed by atoms with Gasteiger partial charge < -0.3 is 4.98 Å². The molecule has 0 aliphatic heterocycles. The number of aromatic amines is 1. The van der Waals surface area contributed by atoms with Crippen LogP contribution >= 0.6 is 11.6 Å². The molecular weight excluding hydrogens is 253 g/mol. The van der Waals surface area contributed by atoms with Crippen molar-refractivity contribution in [2.45, 2.75) is 20.0 Å². The quantitative estimate of drug-likeness (QED) is 0.923. The largest absolute Gasteiger partial charge is 0.348 e. The fourth-order valence-electron chi connectivity index (χ4n) is 1.83. The lowest BCUT2D eigenvalue weighted by Gasteiger charge is -2.17. The third kappa shape index (κ3) is 2.89. The molecule has 0 bridgehead atoms. The maximum atomic E-state index is 13.7. The highest BCUT2D eigenvalue weighted by Crippen LogP contribution is 2.24. The monoisotopic (exact) mass is 267 g/mol. The number of nitrogens with zero attached hydrogens (tertiary/aromatic N) is 2. The van der Waals surface area contributed by atoms with E-state index in [1.165, 1.54) is 6.07 Å². The Morgan fingerprint density at radius 1 is 1.39 bits per heavy atom. The summed E-state index contributed by atoms with van der Waals surface area (Å²) in [6.45, 7) is 2.95. The first kappa shape index (κ1) is 13.1. The number of benzene rings is 1. The summed E-state index contributed by atoms with van der Waals surface area (Å²) in [4.78, 5) is 9.11. The molecule has 0 aliphatic carbocycles. The van der Waals surface area contributed by atoms with E-state index in [0.717, 1.165) is 11.4 Å². The smallest absolute Gasteiger partial charge is 0.129 e. The van der Waals surface area contributed by atoms with E-state index in [4.69, 9.17) is 11.6 Å². The summed E-state index contributed by atoms with van der Waals surface area (Å²) in [6.07, 6.45) is 3.47. The average Bonchev–Trinajstić information content (AvgIpc) is 2.82. The van der Waals surface area contributed by atoms with Gasteiger partial charge in [-0.2, -0.15) is 0 Å². The molecule has 2 aromatic rings. The zero-order chi connectivity index (χ0) is 13.1. The summed E-state index contributed by atoms with van der Waals surface area (Å²) in [5, 5.41) is 0.501. The Labute approximate surface area is 111 Å². The number of nitrogens with one attached hydrogen (secondary N) is 1. The van der Waals surface area contributed by atoms with Gasteiger partial charge in [0, 0.05) is 24.5 Å². The van der Waals surface area contributed by atoms with E-state index in [-0.39, 0.29) is 5.82 Å². The van der Waals surface area contributed by atoms with Crippen molar-refractivity contribution in [3.05, 3.63) is 52.3 Å². The molecule has 96 valence electrons. The summed E-state index contributed by atoms with van der Waals surface area (Å²) in [5.74, 6) is 0.582. The molecule has 0 amide bonds. The van der Waals surface area contributed by atoms with E-state index in [1.807, 2.05) is 18.9 Å². The van der Waals surface area contributed by atoms with Crippen LogP contribution in [0.25, 0.3) is 0 Å². The Hall–Kier alpha value is -1.39. The number of hydrogen-bond acceptors (Lipinski definition) is 2. The molecule has 1 heterocycles. The Morgan fingerprint density at radius 2 is 2.17 bits per heavy atom. The molecule has 0 atom stereocenters. The first-order valence-electron chi connectivity index (χ1n) is 5.68. The minimum atomic E-state index is -0.267. The highest BCUT2D eigenvalue weighted by molar-refractivity contribution is 6.32. The molecule has 0 saturated heterocycles. The maximum Gasteiger partial charge on any atom is 0.129 e. The highest BCUT2D eigenvalue weighted by Gasteiger charge is 2.12. The molecule has 2 rings (SSSR count).